The number of allylic oxidation sites excluding steroid dienone is 2. The van der Waals surface area contributed by atoms with Crippen LogP contribution in [-0.4, -0.2) is 17.4 Å². The van der Waals surface area contributed by atoms with Crippen molar-refractivity contribution in [3.05, 3.63) is 23.8 Å². The van der Waals surface area contributed by atoms with Gasteiger partial charge in [0, 0.05) is 25.5 Å². The van der Waals surface area contributed by atoms with Crippen LogP contribution in [0.3, 0.4) is 0 Å². The Morgan fingerprint density at radius 3 is 2.85 bits per heavy atom. The molecule has 1 unspecified atom stereocenters. The van der Waals surface area contributed by atoms with Gasteiger partial charge in [-0.3, -0.25) is 4.79 Å². The second kappa shape index (κ2) is 4.20. The summed E-state index contributed by atoms with van der Waals surface area (Å²) in [6.07, 6.45) is 6.84. The molecule has 0 bridgehead atoms. The summed E-state index contributed by atoms with van der Waals surface area (Å²) in [6, 6.07) is 0. The third kappa shape index (κ3) is 2.51. The fourth-order valence-corrected chi connectivity index (χ4v) is 1.46. The molecule has 1 atom stereocenters. The van der Waals surface area contributed by atoms with Crippen molar-refractivity contribution in [3.63, 3.8) is 0 Å². The van der Waals surface area contributed by atoms with Crippen LogP contribution in [0.15, 0.2) is 23.8 Å². The quantitative estimate of drug-likeness (QED) is 0.714. The standard InChI is InChI=1S/C10H13BrO2/c1-3-9(12)8-4-6-10(11,13-2)7-5-8/h4-6H,3,7H2,1-2H3. The summed E-state index contributed by atoms with van der Waals surface area (Å²) >= 11 is 3.43. The lowest BCUT2D eigenvalue weighted by atomic mass is 10.0. The molecule has 0 fully saturated rings. The van der Waals surface area contributed by atoms with Crippen molar-refractivity contribution < 1.29 is 9.53 Å². The summed E-state index contributed by atoms with van der Waals surface area (Å²) in [5.74, 6) is 0.182. The van der Waals surface area contributed by atoms with E-state index in [0.717, 1.165) is 5.57 Å². The summed E-state index contributed by atoms with van der Waals surface area (Å²) in [4.78, 5) is 11.3. The molecular weight excluding hydrogens is 232 g/mol. The Balaban J connectivity index is 2.70. The highest BCUT2D eigenvalue weighted by Crippen LogP contribution is 2.30. The number of ketones is 1. The van der Waals surface area contributed by atoms with Crippen molar-refractivity contribution in [2.75, 3.05) is 7.11 Å². The van der Waals surface area contributed by atoms with Gasteiger partial charge in [0.2, 0.25) is 0 Å². The third-order valence-corrected chi connectivity index (χ3v) is 3.01. The molecule has 0 aromatic heterocycles. The number of alkyl halides is 1. The van der Waals surface area contributed by atoms with Gasteiger partial charge in [0.1, 0.15) is 4.51 Å². The minimum Gasteiger partial charge on any atom is -0.363 e. The van der Waals surface area contributed by atoms with Crippen molar-refractivity contribution >= 4 is 21.7 Å². The molecule has 2 nitrogen and oxygen atoms in total. The zero-order chi connectivity index (χ0) is 9.90. The van der Waals surface area contributed by atoms with Crippen LogP contribution in [0.5, 0.6) is 0 Å². The molecule has 3 heteroatoms. The Hall–Kier alpha value is -0.410. The Bertz CT molecular complexity index is 268. The van der Waals surface area contributed by atoms with Crippen molar-refractivity contribution in [3.8, 4) is 0 Å². The average Bonchev–Trinajstić information content (AvgIpc) is 2.18. The molecule has 1 aliphatic rings. The fraction of sp³-hybridized carbons (Fsp3) is 0.500. The average molecular weight is 245 g/mol. The van der Waals surface area contributed by atoms with E-state index in [2.05, 4.69) is 15.9 Å². The van der Waals surface area contributed by atoms with Gasteiger partial charge in [-0.05, 0) is 22.0 Å². The summed E-state index contributed by atoms with van der Waals surface area (Å²) in [6.45, 7) is 1.86. The molecule has 0 spiro atoms. The van der Waals surface area contributed by atoms with Gasteiger partial charge in [-0.1, -0.05) is 19.1 Å². The predicted octanol–water partition coefficient (Wildman–Crippen LogP) is 2.59. The van der Waals surface area contributed by atoms with Crippen molar-refractivity contribution in [1.29, 1.82) is 0 Å². The number of methoxy groups -OCH3 is 1. The molecule has 72 valence electrons. The third-order valence-electron chi connectivity index (χ3n) is 2.09. The molecule has 0 aromatic carbocycles. The van der Waals surface area contributed by atoms with E-state index in [1.165, 1.54) is 0 Å². The molecule has 1 aliphatic carbocycles. The second-order valence-corrected chi connectivity index (χ2v) is 4.31. The first-order chi connectivity index (χ1) is 6.11. The van der Waals surface area contributed by atoms with Crippen molar-refractivity contribution in [1.82, 2.24) is 0 Å². The molecule has 0 heterocycles. The van der Waals surface area contributed by atoms with E-state index >= 15 is 0 Å². The molecule has 0 aliphatic heterocycles. The van der Waals surface area contributed by atoms with Crippen LogP contribution in [0.2, 0.25) is 0 Å². The minimum atomic E-state index is -0.412. The highest BCUT2D eigenvalue weighted by molar-refractivity contribution is 9.10. The lowest BCUT2D eigenvalue weighted by Crippen LogP contribution is -2.22. The van der Waals surface area contributed by atoms with E-state index in [-0.39, 0.29) is 5.78 Å². The van der Waals surface area contributed by atoms with E-state index < -0.39 is 4.51 Å². The fourth-order valence-electron chi connectivity index (χ4n) is 1.16. The number of halogens is 1. The van der Waals surface area contributed by atoms with Crippen LogP contribution < -0.4 is 0 Å². The van der Waals surface area contributed by atoms with Crippen LogP contribution in [0, 0.1) is 0 Å². The number of carbonyl (C=O) groups excluding carboxylic acids is 1. The minimum absolute atomic E-state index is 0.182. The van der Waals surface area contributed by atoms with E-state index in [4.69, 9.17) is 4.74 Å². The molecule has 0 saturated carbocycles. The van der Waals surface area contributed by atoms with E-state index in [0.29, 0.717) is 12.8 Å². The molecule has 1 rings (SSSR count). The van der Waals surface area contributed by atoms with Crippen LogP contribution in [0.1, 0.15) is 19.8 Å². The monoisotopic (exact) mass is 244 g/mol. The molecule has 13 heavy (non-hydrogen) atoms. The van der Waals surface area contributed by atoms with Crippen molar-refractivity contribution in [2.45, 2.75) is 24.3 Å². The Morgan fingerprint density at radius 2 is 2.46 bits per heavy atom. The summed E-state index contributed by atoms with van der Waals surface area (Å²) < 4.78 is 4.80. The normalized spacial score (nSPS) is 27.2. The van der Waals surface area contributed by atoms with Gasteiger partial charge in [-0.2, -0.15) is 0 Å². The number of Topliss-reactive ketones (excluding diaryl/α,β-unsaturated/α-hetero) is 1. The topological polar surface area (TPSA) is 26.3 Å². The summed E-state index contributed by atoms with van der Waals surface area (Å²) in [5.41, 5.74) is 0.787. The maximum atomic E-state index is 11.3. The number of carbonyl (C=O) groups is 1. The first kappa shape index (κ1) is 10.7. The molecule has 0 saturated heterocycles. The molecule has 0 radical (unpaired) electrons. The molecule has 0 N–H and O–H groups in total. The van der Waals surface area contributed by atoms with Gasteiger partial charge in [0.05, 0.1) is 0 Å². The van der Waals surface area contributed by atoms with Gasteiger partial charge >= 0.3 is 0 Å². The zero-order valence-electron chi connectivity index (χ0n) is 7.84. The lowest BCUT2D eigenvalue weighted by molar-refractivity contribution is -0.115. The van der Waals surface area contributed by atoms with Crippen LogP contribution in [-0.2, 0) is 9.53 Å². The SMILES string of the molecule is CCC(=O)C1=CCC(Br)(OC)C=C1. The Morgan fingerprint density at radius 1 is 1.77 bits per heavy atom. The second-order valence-electron chi connectivity index (χ2n) is 2.96. The molecular formula is C10H13BrO2. The summed E-state index contributed by atoms with van der Waals surface area (Å²) in [5, 5.41) is 0. The highest BCUT2D eigenvalue weighted by Gasteiger charge is 2.24. The Kier molecular flexibility index (Phi) is 3.45. The van der Waals surface area contributed by atoms with Crippen LogP contribution in [0.25, 0.3) is 0 Å². The first-order valence-electron chi connectivity index (χ1n) is 4.28. The molecule has 0 amide bonds. The summed E-state index contributed by atoms with van der Waals surface area (Å²) in [7, 11) is 1.64. The number of hydrogen-bond donors (Lipinski definition) is 0. The number of rotatable bonds is 3. The predicted molar refractivity (Wildman–Crippen MR) is 55.8 cm³/mol. The Labute approximate surface area is 86.8 Å². The van der Waals surface area contributed by atoms with Gasteiger partial charge in [0.25, 0.3) is 0 Å². The van der Waals surface area contributed by atoms with Crippen LogP contribution >= 0.6 is 15.9 Å². The zero-order valence-corrected chi connectivity index (χ0v) is 9.43. The number of ether oxygens (including phenoxy) is 1. The largest absolute Gasteiger partial charge is 0.363 e. The maximum Gasteiger partial charge on any atom is 0.162 e. The smallest absolute Gasteiger partial charge is 0.162 e. The van der Waals surface area contributed by atoms with Gasteiger partial charge in [-0.15, -0.1) is 0 Å². The van der Waals surface area contributed by atoms with Gasteiger partial charge in [0.15, 0.2) is 5.78 Å². The van der Waals surface area contributed by atoms with E-state index in [1.807, 2.05) is 25.2 Å². The molecule has 0 aromatic rings. The van der Waals surface area contributed by atoms with Crippen molar-refractivity contribution in [2.24, 2.45) is 0 Å². The van der Waals surface area contributed by atoms with E-state index in [1.54, 1.807) is 7.11 Å². The first-order valence-corrected chi connectivity index (χ1v) is 5.07. The highest BCUT2D eigenvalue weighted by atomic mass is 79.9. The maximum absolute atomic E-state index is 11.3. The lowest BCUT2D eigenvalue weighted by Gasteiger charge is -2.23. The number of hydrogen-bond acceptors (Lipinski definition) is 2. The van der Waals surface area contributed by atoms with Gasteiger partial charge in [-0.25, -0.2) is 0 Å². The van der Waals surface area contributed by atoms with E-state index in [9.17, 15) is 4.79 Å². The van der Waals surface area contributed by atoms with Crippen LogP contribution in [0.4, 0.5) is 0 Å². The van der Waals surface area contributed by atoms with Gasteiger partial charge < -0.3 is 4.74 Å².